The van der Waals surface area contributed by atoms with Gasteiger partial charge in [0.2, 0.25) is 5.89 Å². The maximum absolute atomic E-state index is 13.1. The number of likely N-dealkylation sites (tertiary alicyclic amines) is 1. The summed E-state index contributed by atoms with van der Waals surface area (Å²) in [6.07, 6.45) is 6.66. The first-order valence-electron chi connectivity index (χ1n) is 9.10. The quantitative estimate of drug-likeness (QED) is 0.707. The minimum atomic E-state index is -0.261. The van der Waals surface area contributed by atoms with Crippen LogP contribution in [0.15, 0.2) is 47.1 Å². The average Bonchev–Trinajstić information content (AvgIpc) is 3.32. The highest BCUT2D eigenvalue weighted by molar-refractivity contribution is 5.92. The molecule has 0 radical (unpaired) electrons. The van der Waals surface area contributed by atoms with Crippen LogP contribution in [0.5, 0.6) is 0 Å². The van der Waals surface area contributed by atoms with Crippen molar-refractivity contribution in [1.82, 2.24) is 19.7 Å². The number of hydrogen-bond acceptors (Lipinski definition) is 4. The van der Waals surface area contributed by atoms with Crippen molar-refractivity contribution in [3.05, 3.63) is 71.5 Å². The number of rotatable bonds is 4. The number of aryl methyl sites for hydroxylation is 1. The Labute approximate surface area is 156 Å². The van der Waals surface area contributed by atoms with Gasteiger partial charge in [-0.25, -0.2) is 9.37 Å². The molecular formula is C20H21FN4O2. The molecule has 1 amide bonds. The molecule has 1 fully saturated rings. The molecule has 1 aliphatic heterocycles. The first-order valence-corrected chi connectivity index (χ1v) is 9.10. The molecule has 0 unspecified atom stereocenters. The molecule has 0 saturated carbocycles. The lowest BCUT2D eigenvalue weighted by atomic mass is 10.0. The molecule has 3 aromatic rings. The maximum Gasteiger partial charge on any atom is 0.272 e. The Hall–Kier alpha value is -2.96. The van der Waals surface area contributed by atoms with Gasteiger partial charge in [0.05, 0.1) is 6.20 Å². The number of aromatic nitrogens is 3. The van der Waals surface area contributed by atoms with Crippen molar-refractivity contribution in [2.75, 3.05) is 6.54 Å². The molecule has 3 heterocycles. The number of carbonyl (C=O) groups is 1. The van der Waals surface area contributed by atoms with E-state index in [0.717, 1.165) is 24.8 Å². The van der Waals surface area contributed by atoms with Gasteiger partial charge >= 0.3 is 0 Å². The van der Waals surface area contributed by atoms with Crippen LogP contribution in [0, 0.1) is 5.82 Å². The fraction of sp³-hybridized carbons (Fsp3) is 0.350. The zero-order valence-electron chi connectivity index (χ0n) is 15.1. The Morgan fingerprint density at radius 2 is 2.07 bits per heavy atom. The van der Waals surface area contributed by atoms with Crippen molar-refractivity contribution in [2.24, 2.45) is 7.05 Å². The molecule has 27 heavy (non-hydrogen) atoms. The SMILES string of the molecule is Cn1nccc1C(=O)N1CCCC[C@@H]1c1ncc(Cc2ccc(F)cc2)o1. The summed E-state index contributed by atoms with van der Waals surface area (Å²) in [4.78, 5) is 19.2. The van der Waals surface area contributed by atoms with Crippen LogP contribution < -0.4 is 0 Å². The predicted molar refractivity (Wildman–Crippen MR) is 96.5 cm³/mol. The Morgan fingerprint density at radius 3 is 2.81 bits per heavy atom. The minimum Gasteiger partial charge on any atom is -0.443 e. The van der Waals surface area contributed by atoms with E-state index >= 15 is 0 Å². The third-order valence-corrected chi connectivity index (χ3v) is 4.95. The smallest absolute Gasteiger partial charge is 0.272 e. The number of piperidine rings is 1. The molecule has 4 rings (SSSR count). The van der Waals surface area contributed by atoms with Crippen molar-refractivity contribution in [1.29, 1.82) is 0 Å². The van der Waals surface area contributed by atoms with Crippen LogP contribution in [-0.2, 0) is 13.5 Å². The summed E-state index contributed by atoms with van der Waals surface area (Å²) in [5.41, 5.74) is 1.51. The summed E-state index contributed by atoms with van der Waals surface area (Å²) in [7, 11) is 1.76. The monoisotopic (exact) mass is 368 g/mol. The summed E-state index contributed by atoms with van der Waals surface area (Å²) in [6, 6.07) is 7.88. The molecule has 7 heteroatoms. The van der Waals surface area contributed by atoms with Gasteiger partial charge in [0.25, 0.3) is 5.91 Å². The van der Waals surface area contributed by atoms with Crippen LogP contribution in [0.4, 0.5) is 4.39 Å². The standard InChI is InChI=1S/C20H21FN4O2/c1-24-18(9-10-23-24)20(26)25-11-3-2-4-17(25)19-22-13-16(27-19)12-14-5-7-15(21)8-6-14/h5-10,13,17H,2-4,11-12H2,1H3/t17-/m1/s1. The summed E-state index contributed by atoms with van der Waals surface area (Å²) in [5.74, 6) is 0.943. The largest absolute Gasteiger partial charge is 0.443 e. The van der Waals surface area contributed by atoms with Gasteiger partial charge in [-0.05, 0) is 43.0 Å². The molecule has 6 nitrogen and oxygen atoms in total. The number of amides is 1. The predicted octanol–water partition coefficient (Wildman–Crippen LogP) is 3.51. The van der Waals surface area contributed by atoms with Gasteiger partial charge in [-0.1, -0.05) is 12.1 Å². The first-order chi connectivity index (χ1) is 13.1. The second kappa shape index (κ2) is 7.34. The lowest BCUT2D eigenvalue weighted by molar-refractivity contribution is 0.0558. The third-order valence-electron chi connectivity index (χ3n) is 4.95. The molecule has 0 bridgehead atoms. The highest BCUT2D eigenvalue weighted by Crippen LogP contribution is 2.32. The number of hydrogen-bond donors (Lipinski definition) is 0. The molecule has 0 aliphatic carbocycles. The number of oxazole rings is 1. The lowest BCUT2D eigenvalue weighted by Crippen LogP contribution is -2.39. The van der Waals surface area contributed by atoms with Crippen molar-refractivity contribution in [3.8, 4) is 0 Å². The summed E-state index contributed by atoms with van der Waals surface area (Å²) >= 11 is 0. The molecule has 0 spiro atoms. The van der Waals surface area contributed by atoms with E-state index in [0.29, 0.717) is 30.3 Å². The highest BCUT2D eigenvalue weighted by atomic mass is 19.1. The number of benzene rings is 1. The zero-order chi connectivity index (χ0) is 18.8. The Kier molecular flexibility index (Phi) is 4.75. The van der Waals surface area contributed by atoms with E-state index in [4.69, 9.17) is 4.42 Å². The second-order valence-electron chi connectivity index (χ2n) is 6.82. The second-order valence-corrected chi connectivity index (χ2v) is 6.82. The molecule has 0 N–H and O–H groups in total. The molecule has 2 aromatic heterocycles. The van der Waals surface area contributed by atoms with Gasteiger partial charge < -0.3 is 9.32 Å². The lowest BCUT2D eigenvalue weighted by Gasteiger charge is -2.33. The molecule has 1 aliphatic rings. The van der Waals surface area contributed by atoms with E-state index in [1.165, 1.54) is 12.1 Å². The number of carbonyl (C=O) groups excluding carboxylic acids is 1. The fourth-order valence-corrected chi connectivity index (χ4v) is 3.52. The van der Waals surface area contributed by atoms with Crippen LogP contribution in [0.2, 0.25) is 0 Å². The van der Waals surface area contributed by atoms with E-state index in [1.807, 2.05) is 4.90 Å². The topological polar surface area (TPSA) is 64.2 Å². The van der Waals surface area contributed by atoms with E-state index in [-0.39, 0.29) is 17.8 Å². The van der Waals surface area contributed by atoms with Gasteiger partial charge in [0.1, 0.15) is 23.3 Å². The van der Waals surface area contributed by atoms with E-state index in [9.17, 15) is 9.18 Å². The Balaban J connectivity index is 1.54. The molecular weight excluding hydrogens is 347 g/mol. The van der Waals surface area contributed by atoms with Crippen LogP contribution in [0.25, 0.3) is 0 Å². The van der Waals surface area contributed by atoms with Crippen LogP contribution in [-0.4, -0.2) is 32.1 Å². The van der Waals surface area contributed by atoms with Gasteiger partial charge in [0, 0.05) is 26.2 Å². The van der Waals surface area contributed by atoms with Gasteiger partial charge in [-0.2, -0.15) is 5.10 Å². The molecule has 140 valence electrons. The maximum atomic E-state index is 13.1. The fourth-order valence-electron chi connectivity index (χ4n) is 3.52. The van der Waals surface area contributed by atoms with Crippen LogP contribution in [0.3, 0.4) is 0 Å². The normalized spacial score (nSPS) is 17.3. The summed E-state index contributed by atoms with van der Waals surface area (Å²) in [5, 5.41) is 4.09. The van der Waals surface area contributed by atoms with E-state index < -0.39 is 0 Å². The zero-order valence-corrected chi connectivity index (χ0v) is 15.1. The van der Waals surface area contributed by atoms with Crippen molar-refractivity contribution in [3.63, 3.8) is 0 Å². The van der Waals surface area contributed by atoms with Crippen molar-refractivity contribution < 1.29 is 13.6 Å². The third kappa shape index (κ3) is 3.63. The molecule has 1 aromatic carbocycles. The van der Waals surface area contributed by atoms with Gasteiger partial charge in [-0.15, -0.1) is 0 Å². The van der Waals surface area contributed by atoms with Crippen molar-refractivity contribution >= 4 is 5.91 Å². The average molecular weight is 368 g/mol. The first kappa shape index (κ1) is 17.5. The van der Waals surface area contributed by atoms with E-state index in [2.05, 4.69) is 10.1 Å². The Morgan fingerprint density at radius 1 is 1.26 bits per heavy atom. The molecule has 1 saturated heterocycles. The minimum absolute atomic E-state index is 0.0574. The number of nitrogens with zero attached hydrogens (tertiary/aromatic N) is 4. The highest BCUT2D eigenvalue weighted by Gasteiger charge is 2.33. The van der Waals surface area contributed by atoms with E-state index in [1.54, 1.807) is 42.3 Å². The van der Waals surface area contributed by atoms with Crippen molar-refractivity contribution in [2.45, 2.75) is 31.7 Å². The number of halogens is 1. The summed E-state index contributed by atoms with van der Waals surface area (Å²) in [6.45, 7) is 0.671. The van der Waals surface area contributed by atoms with Gasteiger partial charge in [-0.3, -0.25) is 9.48 Å². The van der Waals surface area contributed by atoms with Crippen LogP contribution >= 0.6 is 0 Å². The summed E-state index contributed by atoms with van der Waals surface area (Å²) < 4.78 is 20.6. The van der Waals surface area contributed by atoms with Crippen LogP contribution in [0.1, 0.15) is 53.0 Å². The molecule has 1 atom stereocenters. The Bertz CT molecular complexity index is 932. The van der Waals surface area contributed by atoms with Gasteiger partial charge in [0.15, 0.2) is 0 Å².